The molecule has 1 unspecified atom stereocenters. The van der Waals surface area contributed by atoms with E-state index in [4.69, 9.17) is 0 Å². The first-order valence-electron chi connectivity index (χ1n) is 9.67. The number of rotatable bonds is 9. The van der Waals surface area contributed by atoms with Crippen LogP contribution < -0.4 is 5.32 Å². The number of aliphatic carboxylic acids is 1. The van der Waals surface area contributed by atoms with Crippen LogP contribution in [0.15, 0.2) is 54.7 Å². The highest BCUT2D eigenvalue weighted by molar-refractivity contribution is 5.98. The fourth-order valence-corrected chi connectivity index (χ4v) is 3.28. The number of fused-ring (bicyclic) bond motifs is 1. The summed E-state index contributed by atoms with van der Waals surface area (Å²) in [6.07, 6.45) is 2.81. The molecule has 29 heavy (non-hydrogen) atoms. The summed E-state index contributed by atoms with van der Waals surface area (Å²) in [5.41, 5.74) is 3.43. The molecule has 0 aliphatic rings. The summed E-state index contributed by atoms with van der Waals surface area (Å²) in [6.45, 7) is 2.04. The van der Waals surface area contributed by atoms with Crippen molar-refractivity contribution >= 4 is 28.6 Å². The van der Waals surface area contributed by atoms with E-state index in [0.29, 0.717) is 5.56 Å². The van der Waals surface area contributed by atoms with Gasteiger partial charge in [-0.1, -0.05) is 49.4 Å². The monoisotopic (exact) mass is 392 g/mol. The summed E-state index contributed by atoms with van der Waals surface area (Å²) in [5.74, 6) is -1.69. The van der Waals surface area contributed by atoms with Gasteiger partial charge in [0.2, 0.25) is 5.91 Å². The number of H-pyrrole nitrogens is 1. The van der Waals surface area contributed by atoms with E-state index in [-0.39, 0.29) is 25.0 Å². The van der Waals surface area contributed by atoms with Crippen molar-refractivity contribution < 1.29 is 19.5 Å². The fourth-order valence-electron chi connectivity index (χ4n) is 3.28. The lowest BCUT2D eigenvalue weighted by atomic mass is 10.0. The van der Waals surface area contributed by atoms with Gasteiger partial charge in [-0.05, 0) is 23.6 Å². The zero-order valence-electron chi connectivity index (χ0n) is 16.3. The van der Waals surface area contributed by atoms with Gasteiger partial charge < -0.3 is 15.4 Å². The van der Waals surface area contributed by atoms with Crippen molar-refractivity contribution in [2.75, 3.05) is 0 Å². The number of benzene rings is 2. The molecule has 1 heterocycles. The molecule has 3 rings (SSSR count). The average molecular weight is 392 g/mol. The van der Waals surface area contributed by atoms with Crippen molar-refractivity contribution in [2.24, 2.45) is 0 Å². The molecule has 6 nitrogen and oxygen atoms in total. The van der Waals surface area contributed by atoms with Gasteiger partial charge in [-0.3, -0.25) is 9.59 Å². The van der Waals surface area contributed by atoms with Crippen LogP contribution >= 0.6 is 0 Å². The van der Waals surface area contributed by atoms with Crippen molar-refractivity contribution in [1.82, 2.24) is 10.3 Å². The van der Waals surface area contributed by atoms with E-state index >= 15 is 0 Å². The van der Waals surface area contributed by atoms with Gasteiger partial charge in [0.25, 0.3) is 0 Å². The van der Waals surface area contributed by atoms with Crippen molar-refractivity contribution in [3.8, 4) is 0 Å². The minimum absolute atomic E-state index is 0.0384. The number of carbonyl (C=O) groups excluding carboxylic acids is 2. The molecule has 0 spiro atoms. The maximum atomic E-state index is 12.3. The number of hydrogen-bond donors (Lipinski definition) is 3. The number of amides is 1. The van der Waals surface area contributed by atoms with Crippen molar-refractivity contribution in [3.05, 3.63) is 71.4 Å². The van der Waals surface area contributed by atoms with E-state index in [0.717, 1.165) is 28.5 Å². The Morgan fingerprint density at radius 2 is 1.76 bits per heavy atom. The van der Waals surface area contributed by atoms with Gasteiger partial charge in [-0.25, -0.2) is 4.79 Å². The number of aromatic amines is 1. The van der Waals surface area contributed by atoms with Gasteiger partial charge in [0.05, 0.1) is 0 Å². The van der Waals surface area contributed by atoms with E-state index in [2.05, 4.69) is 10.3 Å². The van der Waals surface area contributed by atoms with Crippen molar-refractivity contribution in [1.29, 1.82) is 0 Å². The number of hydrogen-bond acceptors (Lipinski definition) is 3. The molecule has 0 radical (unpaired) electrons. The number of carboxylic acid groups (broad SMARTS) is 1. The molecule has 1 amide bonds. The topological polar surface area (TPSA) is 99.3 Å². The van der Waals surface area contributed by atoms with Crippen molar-refractivity contribution in [3.63, 3.8) is 0 Å². The number of nitrogens with one attached hydrogen (secondary N) is 2. The van der Waals surface area contributed by atoms with Gasteiger partial charge >= 0.3 is 5.97 Å². The minimum Gasteiger partial charge on any atom is -0.480 e. The molecule has 0 saturated carbocycles. The lowest BCUT2D eigenvalue weighted by Crippen LogP contribution is -2.42. The number of carbonyl (C=O) groups is 3. The van der Waals surface area contributed by atoms with E-state index in [1.54, 1.807) is 18.3 Å². The second-order valence-electron chi connectivity index (χ2n) is 7.00. The third-order valence-corrected chi connectivity index (χ3v) is 5.00. The Morgan fingerprint density at radius 1 is 1.03 bits per heavy atom. The van der Waals surface area contributed by atoms with Crippen LogP contribution in [0.25, 0.3) is 10.9 Å². The third kappa shape index (κ3) is 5.10. The van der Waals surface area contributed by atoms with Gasteiger partial charge in [0.1, 0.15) is 6.04 Å². The molecule has 3 aromatic rings. The Balaban J connectivity index is 1.58. The van der Waals surface area contributed by atoms with E-state index < -0.39 is 17.9 Å². The number of ketones is 1. The average Bonchev–Trinajstić information content (AvgIpc) is 3.14. The Kier molecular flexibility index (Phi) is 6.44. The summed E-state index contributed by atoms with van der Waals surface area (Å²) in [7, 11) is 0. The van der Waals surface area contributed by atoms with Crippen molar-refractivity contribution in [2.45, 2.75) is 38.6 Å². The highest BCUT2D eigenvalue weighted by Gasteiger charge is 2.22. The lowest BCUT2D eigenvalue weighted by molar-refractivity contribution is -0.141. The number of aryl methyl sites for hydroxylation is 1. The summed E-state index contributed by atoms with van der Waals surface area (Å²) >= 11 is 0. The first-order valence-corrected chi connectivity index (χ1v) is 9.67. The molecule has 0 saturated heterocycles. The summed E-state index contributed by atoms with van der Waals surface area (Å²) in [6, 6.07) is 13.9. The molecular formula is C23H24N2O4. The Labute approximate surface area is 168 Å². The van der Waals surface area contributed by atoms with Crippen LogP contribution in [0.3, 0.4) is 0 Å². The maximum Gasteiger partial charge on any atom is 0.326 e. The zero-order chi connectivity index (χ0) is 20.8. The van der Waals surface area contributed by atoms with Gasteiger partial charge in [-0.15, -0.1) is 0 Å². The SMILES string of the molecule is CCc1ccc(C(=O)CCC(=O)NC(Cc2c[nH]c3ccccc23)C(=O)O)cc1. The molecule has 0 aliphatic heterocycles. The molecule has 1 atom stereocenters. The van der Waals surface area contributed by atoms with Crippen LogP contribution in [0, 0.1) is 0 Å². The molecule has 0 fully saturated rings. The second kappa shape index (κ2) is 9.19. The predicted octanol–water partition coefficient (Wildman–Crippen LogP) is 3.51. The summed E-state index contributed by atoms with van der Waals surface area (Å²) in [4.78, 5) is 39.2. The van der Waals surface area contributed by atoms with E-state index in [1.807, 2.05) is 43.3 Å². The Bertz CT molecular complexity index is 1020. The van der Waals surface area contributed by atoms with Gasteiger partial charge in [0.15, 0.2) is 5.78 Å². The summed E-state index contributed by atoms with van der Waals surface area (Å²) in [5, 5.41) is 13.0. The van der Waals surface area contributed by atoms with Gasteiger partial charge in [0, 0.05) is 41.9 Å². The van der Waals surface area contributed by atoms with Crippen LogP contribution in [-0.2, 0) is 22.4 Å². The van der Waals surface area contributed by atoms with Crippen LogP contribution in [0.5, 0.6) is 0 Å². The summed E-state index contributed by atoms with van der Waals surface area (Å²) < 4.78 is 0. The quantitative estimate of drug-likeness (QED) is 0.485. The second-order valence-corrected chi connectivity index (χ2v) is 7.00. The van der Waals surface area contributed by atoms with E-state index in [1.165, 1.54) is 0 Å². The molecule has 0 aliphatic carbocycles. The molecule has 3 N–H and O–H groups in total. The number of Topliss-reactive ketones (excluding diaryl/α,β-unsaturated/α-hetero) is 1. The third-order valence-electron chi connectivity index (χ3n) is 5.00. The van der Waals surface area contributed by atoms with Crippen LogP contribution in [0.1, 0.15) is 41.3 Å². The molecule has 0 bridgehead atoms. The largest absolute Gasteiger partial charge is 0.480 e. The van der Waals surface area contributed by atoms with Crippen LogP contribution in [0.4, 0.5) is 0 Å². The smallest absolute Gasteiger partial charge is 0.326 e. The first-order chi connectivity index (χ1) is 14.0. The molecular weight excluding hydrogens is 368 g/mol. The standard InChI is InChI=1S/C23H24N2O4/c1-2-15-7-9-16(10-8-15)21(26)11-12-22(27)25-20(23(28)29)13-17-14-24-19-6-4-3-5-18(17)19/h3-10,14,20,24H,2,11-13H2,1H3,(H,25,27)(H,28,29). The highest BCUT2D eigenvalue weighted by Crippen LogP contribution is 2.19. The van der Waals surface area contributed by atoms with Gasteiger partial charge in [-0.2, -0.15) is 0 Å². The molecule has 2 aromatic carbocycles. The molecule has 1 aromatic heterocycles. The molecule has 150 valence electrons. The van der Waals surface area contributed by atoms with E-state index in [9.17, 15) is 19.5 Å². The number of carboxylic acids is 1. The normalized spacial score (nSPS) is 11.9. The Morgan fingerprint density at radius 3 is 2.45 bits per heavy atom. The Hall–Kier alpha value is -3.41. The van der Waals surface area contributed by atoms with Crippen LogP contribution in [-0.4, -0.2) is 33.8 Å². The zero-order valence-corrected chi connectivity index (χ0v) is 16.3. The predicted molar refractivity (Wildman–Crippen MR) is 111 cm³/mol. The van der Waals surface area contributed by atoms with Crippen LogP contribution in [0.2, 0.25) is 0 Å². The first kappa shape index (κ1) is 20.3. The lowest BCUT2D eigenvalue weighted by Gasteiger charge is -2.14. The highest BCUT2D eigenvalue weighted by atomic mass is 16.4. The maximum absolute atomic E-state index is 12.3. The fraction of sp³-hybridized carbons (Fsp3) is 0.261. The minimum atomic E-state index is -1.11. The number of aromatic nitrogens is 1. The molecule has 6 heteroatoms. The number of para-hydroxylation sites is 1.